The Balaban J connectivity index is 1.60. The van der Waals surface area contributed by atoms with E-state index in [9.17, 15) is 0 Å². The average molecular weight is 414 g/mol. The van der Waals surface area contributed by atoms with Gasteiger partial charge in [0.2, 0.25) is 0 Å². The van der Waals surface area contributed by atoms with Gasteiger partial charge in [-0.3, -0.25) is 9.50 Å². The lowest BCUT2D eigenvalue weighted by molar-refractivity contribution is 0.311. The first-order valence-electron chi connectivity index (χ1n) is 10.0. The van der Waals surface area contributed by atoms with Gasteiger partial charge in [-0.25, -0.2) is 9.97 Å². The van der Waals surface area contributed by atoms with Crippen molar-refractivity contribution in [3.63, 3.8) is 0 Å². The second kappa shape index (κ2) is 7.64. The van der Waals surface area contributed by atoms with Crippen LogP contribution in [0.4, 0.5) is 11.5 Å². The first-order chi connectivity index (χ1) is 15.2. The van der Waals surface area contributed by atoms with Crippen LogP contribution in [0.25, 0.3) is 27.8 Å². The second-order valence-electron chi connectivity index (χ2n) is 7.11. The third kappa shape index (κ3) is 3.31. The predicted molar refractivity (Wildman–Crippen MR) is 120 cm³/mol. The smallest absolute Gasteiger partial charge is 0.180 e. The van der Waals surface area contributed by atoms with Crippen LogP contribution < -0.4 is 14.8 Å². The van der Waals surface area contributed by atoms with Gasteiger partial charge in [0.05, 0.1) is 31.1 Å². The summed E-state index contributed by atoms with van der Waals surface area (Å²) >= 11 is 0. The van der Waals surface area contributed by atoms with Gasteiger partial charge in [0.1, 0.15) is 0 Å². The standard InChI is InChI=1S/C23H22N6O2/c1-4-31-19-8-7-17(12-20(19)30-3)26-22-23-24-9-10-29(23)14(2)21(27-22)15-5-6-16-13-25-28-18(16)11-15/h5-13H,4H2,1-3H3,(H,25,28)(H,26,27). The second-order valence-corrected chi connectivity index (χ2v) is 7.11. The molecule has 0 spiro atoms. The SMILES string of the molecule is CCOc1ccc(Nc2nc(-c3ccc4cn[nH]c4c3)c(C)n3ccnc23)cc1OC. The number of nitrogens with one attached hydrogen (secondary N) is 2. The molecule has 8 heteroatoms. The van der Waals surface area contributed by atoms with Crippen LogP contribution in [0.15, 0.2) is 55.0 Å². The summed E-state index contributed by atoms with van der Waals surface area (Å²) in [4.78, 5) is 9.45. The summed E-state index contributed by atoms with van der Waals surface area (Å²) in [6.45, 7) is 4.55. The number of rotatable bonds is 6. The van der Waals surface area contributed by atoms with Crippen molar-refractivity contribution < 1.29 is 9.47 Å². The van der Waals surface area contributed by atoms with E-state index in [1.54, 1.807) is 13.3 Å². The molecular weight excluding hydrogens is 392 g/mol. The number of imidazole rings is 1. The molecule has 3 aromatic heterocycles. The lowest BCUT2D eigenvalue weighted by Gasteiger charge is -2.15. The molecule has 0 saturated heterocycles. The summed E-state index contributed by atoms with van der Waals surface area (Å²) in [5.41, 5.74) is 5.41. The van der Waals surface area contributed by atoms with E-state index >= 15 is 0 Å². The van der Waals surface area contributed by atoms with E-state index in [0.717, 1.165) is 39.2 Å². The third-order valence-corrected chi connectivity index (χ3v) is 5.22. The summed E-state index contributed by atoms with van der Waals surface area (Å²) in [5, 5.41) is 11.6. The average Bonchev–Trinajstić information content (AvgIpc) is 3.46. The lowest BCUT2D eigenvalue weighted by Crippen LogP contribution is -2.04. The zero-order chi connectivity index (χ0) is 21.4. The Labute approximate surface area is 178 Å². The number of aryl methyl sites for hydroxylation is 1. The van der Waals surface area contributed by atoms with Crippen LogP contribution in [0, 0.1) is 6.92 Å². The van der Waals surface area contributed by atoms with E-state index in [2.05, 4.69) is 32.6 Å². The molecule has 0 fully saturated rings. The van der Waals surface area contributed by atoms with Crippen molar-refractivity contribution in [2.75, 3.05) is 19.0 Å². The maximum absolute atomic E-state index is 5.62. The monoisotopic (exact) mass is 414 g/mol. The lowest BCUT2D eigenvalue weighted by atomic mass is 10.1. The van der Waals surface area contributed by atoms with Crippen molar-refractivity contribution in [1.29, 1.82) is 0 Å². The van der Waals surface area contributed by atoms with Crippen molar-refractivity contribution in [1.82, 2.24) is 24.6 Å². The Hall–Kier alpha value is -4.07. The highest BCUT2D eigenvalue weighted by atomic mass is 16.5. The largest absolute Gasteiger partial charge is 0.493 e. The molecule has 0 aliphatic heterocycles. The molecule has 0 amide bonds. The van der Waals surface area contributed by atoms with Crippen LogP contribution in [0.3, 0.4) is 0 Å². The van der Waals surface area contributed by atoms with E-state index < -0.39 is 0 Å². The number of aromatic nitrogens is 5. The summed E-state index contributed by atoms with van der Waals surface area (Å²) in [6, 6.07) is 11.9. The first kappa shape index (κ1) is 18.9. The first-order valence-corrected chi connectivity index (χ1v) is 10.0. The highest BCUT2D eigenvalue weighted by molar-refractivity contribution is 5.84. The number of fused-ring (bicyclic) bond motifs is 2. The van der Waals surface area contributed by atoms with Gasteiger partial charge in [-0.1, -0.05) is 12.1 Å². The van der Waals surface area contributed by atoms with Crippen LogP contribution in [-0.2, 0) is 0 Å². The molecule has 0 aliphatic rings. The molecule has 0 radical (unpaired) electrons. The maximum atomic E-state index is 5.62. The number of ether oxygens (including phenoxy) is 2. The molecule has 0 saturated carbocycles. The molecule has 0 atom stereocenters. The van der Waals surface area contributed by atoms with Crippen molar-refractivity contribution in [3.05, 3.63) is 60.7 Å². The predicted octanol–water partition coefficient (Wildman–Crippen LogP) is 4.73. The van der Waals surface area contributed by atoms with E-state index in [1.807, 2.05) is 54.9 Å². The summed E-state index contributed by atoms with van der Waals surface area (Å²) in [6.07, 6.45) is 5.52. The Kier molecular flexibility index (Phi) is 4.66. The third-order valence-electron chi connectivity index (χ3n) is 5.22. The number of H-pyrrole nitrogens is 1. The van der Waals surface area contributed by atoms with Crippen molar-refractivity contribution in [2.45, 2.75) is 13.8 Å². The molecule has 5 rings (SSSR count). The van der Waals surface area contributed by atoms with Crippen LogP contribution in [0.1, 0.15) is 12.6 Å². The summed E-state index contributed by atoms with van der Waals surface area (Å²) in [5.74, 6) is 2.01. The van der Waals surface area contributed by atoms with Gasteiger partial charge in [-0.15, -0.1) is 0 Å². The fraction of sp³-hybridized carbons (Fsp3) is 0.174. The number of methoxy groups -OCH3 is 1. The van der Waals surface area contributed by atoms with Crippen molar-refractivity contribution in [2.24, 2.45) is 0 Å². The number of hydrogen-bond acceptors (Lipinski definition) is 6. The molecule has 8 nitrogen and oxygen atoms in total. The highest BCUT2D eigenvalue weighted by Crippen LogP contribution is 2.33. The normalized spacial score (nSPS) is 11.2. The van der Waals surface area contributed by atoms with Gasteiger partial charge in [0.25, 0.3) is 0 Å². The summed E-state index contributed by atoms with van der Waals surface area (Å²) in [7, 11) is 1.63. The Morgan fingerprint density at radius 3 is 2.87 bits per heavy atom. The van der Waals surface area contributed by atoms with Gasteiger partial charge in [-0.05, 0) is 32.0 Å². The molecule has 5 aromatic rings. The van der Waals surface area contributed by atoms with E-state index in [4.69, 9.17) is 14.5 Å². The molecule has 156 valence electrons. The fourth-order valence-electron chi connectivity index (χ4n) is 3.70. The van der Waals surface area contributed by atoms with E-state index in [1.165, 1.54) is 0 Å². The fourth-order valence-corrected chi connectivity index (χ4v) is 3.70. The van der Waals surface area contributed by atoms with E-state index in [0.29, 0.717) is 23.9 Å². The van der Waals surface area contributed by atoms with Crippen LogP contribution in [0.2, 0.25) is 0 Å². The molecule has 31 heavy (non-hydrogen) atoms. The zero-order valence-corrected chi connectivity index (χ0v) is 17.5. The van der Waals surface area contributed by atoms with Crippen LogP contribution in [0.5, 0.6) is 11.5 Å². The van der Waals surface area contributed by atoms with Crippen molar-refractivity contribution in [3.8, 4) is 22.8 Å². The highest BCUT2D eigenvalue weighted by Gasteiger charge is 2.15. The van der Waals surface area contributed by atoms with Crippen molar-refractivity contribution >= 4 is 28.1 Å². The van der Waals surface area contributed by atoms with Gasteiger partial charge < -0.3 is 14.8 Å². The van der Waals surface area contributed by atoms with Gasteiger partial charge in [-0.2, -0.15) is 5.10 Å². The van der Waals surface area contributed by atoms with Gasteiger partial charge >= 0.3 is 0 Å². The minimum Gasteiger partial charge on any atom is -0.493 e. The van der Waals surface area contributed by atoms with E-state index in [-0.39, 0.29) is 0 Å². The van der Waals surface area contributed by atoms with Crippen LogP contribution >= 0.6 is 0 Å². The topological polar surface area (TPSA) is 89.4 Å². The molecular formula is C23H22N6O2. The van der Waals surface area contributed by atoms with Gasteiger partial charge in [0.15, 0.2) is 23.0 Å². The number of benzene rings is 2. The zero-order valence-electron chi connectivity index (χ0n) is 17.5. The Bertz CT molecular complexity index is 1390. The Morgan fingerprint density at radius 2 is 2.03 bits per heavy atom. The molecule has 0 aliphatic carbocycles. The molecule has 2 N–H and O–H groups in total. The number of anilines is 2. The minimum atomic E-state index is 0.571. The maximum Gasteiger partial charge on any atom is 0.180 e. The number of nitrogens with zero attached hydrogens (tertiary/aromatic N) is 4. The minimum absolute atomic E-state index is 0.571. The quantitative estimate of drug-likeness (QED) is 0.417. The number of hydrogen-bond donors (Lipinski definition) is 2. The molecule has 0 unspecified atom stereocenters. The molecule has 2 aromatic carbocycles. The molecule has 3 heterocycles. The van der Waals surface area contributed by atoms with Gasteiger partial charge in [0, 0.05) is 40.8 Å². The van der Waals surface area contributed by atoms with Crippen LogP contribution in [-0.4, -0.2) is 38.3 Å². The number of aromatic amines is 1. The molecule has 0 bridgehead atoms. The Morgan fingerprint density at radius 1 is 1.13 bits per heavy atom. The summed E-state index contributed by atoms with van der Waals surface area (Å²) < 4.78 is 13.1.